The number of nitrogens with zero attached hydrogens (tertiary/aromatic N) is 4. The maximum atomic E-state index is 12.3. The number of hydrogen-bond donors (Lipinski definition) is 1. The van der Waals surface area contributed by atoms with Gasteiger partial charge in [0.15, 0.2) is 0 Å². The smallest absolute Gasteiger partial charge is 0.317 e. The summed E-state index contributed by atoms with van der Waals surface area (Å²) in [4.78, 5) is 37.7. The van der Waals surface area contributed by atoms with Crippen molar-refractivity contribution in [1.82, 2.24) is 14.8 Å². The van der Waals surface area contributed by atoms with E-state index in [1.54, 1.807) is 16.8 Å². The van der Waals surface area contributed by atoms with Crippen molar-refractivity contribution < 1.29 is 19.5 Å². The quantitative estimate of drug-likeness (QED) is 0.703. The van der Waals surface area contributed by atoms with Gasteiger partial charge in [0.1, 0.15) is 5.71 Å². The zero-order valence-corrected chi connectivity index (χ0v) is 11.4. The van der Waals surface area contributed by atoms with Crippen LogP contribution in [0.5, 0.6) is 0 Å². The standard InChI is InChI=1S/C12H18N4O4/c1-14-10(17)3-2-9(13-14)12(20)16-6-4-15(5-7-16)8-11(18)19/h2-8H2,1H3,(H,18,19). The molecule has 0 aliphatic carbocycles. The van der Waals surface area contributed by atoms with E-state index >= 15 is 0 Å². The molecule has 0 unspecified atom stereocenters. The fraction of sp³-hybridized carbons (Fsp3) is 0.667. The highest BCUT2D eigenvalue weighted by Crippen LogP contribution is 2.11. The molecule has 2 aliphatic heterocycles. The van der Waals surface area contributed by atoms with Crippen LogP contribution in [-0.2, 0) is 14.4 Å². The topological polar surface area (TPSA) is 93.5 Å². The molecule has 1 N–H and O–H groups in total. The van der Waals surface area contributed by atoms with E-state index in [9.17, 15) is 14.4 Å². The molecule has 2 rings (SSSR count). The molecule has 0 atom stereocenters. The highest BCUT2D eigenvalue weighted by Gasteiger charge is 2.28. The van der Waals surface area contributed by atoms with Crippen LogP contribution in [0.4, 0.5) is 0 Å². The van der Waals surface area contributed by atoms with Crippen molar-refractivity contribution in [2.75, 3.05) is 39.8 Å². The van der Waals surface area contributed by atoms with E-state index in [0.29, 0.717) is 44.7 Å². The molecule has 0 saturated carbocycles. The fourth-order valence-corrected chi connectivity index (χ4v) is 2.31. The molecule has 0 aromatic rings. The molecule has 20 heavy (non-hydrogen) atoms. The average Bonchev–Trinajstić information content (AvgIpc) is 2.41. The summed E-state index contributed by atoms with van der Waals surface area (Å²) in [5.74, 6) is -1.10. The van der Waals surface area contributed by atoms with Gasteiger partial charge in [-0.15, -0.1) is 0 Å². The number of carbonyl (C=O) groups excluding carboxylic acids is 2. The lowest BCUT2D eigenvalue weighted by molar-refractivity contribution is -0.139. The van der Waals surface area contributed by atoms with Gasteiger partial charge in [-0.2, -0.15) is 5.10 Å². The number of carbonyl (C=O) groups is 3. The van der Waals surface area contributed by atoms with Gasteiger partial charge in [-0.25, -0.2) is 5.01 Å². The summed E-state index contributed by atoms with van der Waals surface area (Å²) in [6.45, 7) is 2.06. The lowest BCUT2D eigenvalue weighted by atomic mass is 10.1. The minimum atomic E-state index is -0.860. The summed E-state index contributed by atoms with van der Waals surface area (Å²) in [5.41, 5.74) is 0.402. The first kappa shape index (κ1) is 14.4. The zero-order valence-electron chi connectivity index (χ0n) is 11.4. The number of aliphatic carboxylic acids is 1. The molecule has 1 fully saturated rings. The Hall–Kier alpha value is -1.96. The van der Waals surface area contributed by atoms with E-state index in [2.05, 4.69) is 5.10 Å². The first-order valence-electron chi connectivity index (χ1n) is 6.55. The molecule has 110 valence electrons. The van der Waals surface area contributed by atoms with Crippen LogP contribution in [0.3, 0.4) is 0 Å². The van der Waals surface area contributed by atoms with E-state index in [1.807, 2.05) is 0 Å². The SMILES string of the molecule is CN1N=C(C(=O)N2CCN(CC(=O)O)CC2)CCC1=O. The van der Waals surface area contributed by atoms with Crippen molar-refractivity contribution >= 4 is 23.5 Å². The van der Waals surface area contributed by atoms with Crippen molar-refractivity contribution in [2.45, 2.75) is 12.8 Å². The van der Waals surface area contributed by atoms with Crippen LogP contribution in [0.25, 0.3) is 0 Å². The third-order valence-corrected chi connectivity index (χ3v) is 3.47. The number of carboxylic acid groups (broad SMARTS) is 1. The molecular formula is C12H18N4O4. The van der Waals surface area contributed by atoms with Gasteiger partial charge >= 0.3 is 5.97 Å². The molecular weight excluding hydrogens is 264 g/mol. The summed E-state index contributed by atoms with van der Waals surface area (Å²) < 4.78 is 0. The van der Waals surface area contributed by atoms with Gasteiger partial charge in [-0.05, 0) is 0 Å². The monoisotopic (exact) mass is 282 g/mol. The molecule has 0 aromatic carbocycles. The third kappa shape index (κ3) is 3.32. The number of rotatable bonds is 3. The van der Waals surface area contributed by atoms with Gasteiger partial charge < -0.3 is 10.0 Å². The number of carboxylic acids is 1. The van der Waals surface area contributed by atoms with Gasteiger partial charge in [-0.3, -0.25) is 19.3 Å². The first-order valence-corrected chi connectivity index (χ1v) is 6.55. The normalized spacial score (nSPS) is 20.9. The van der Waals surface area contributed by atoms with Crippen LogP contribution >= 0.6 is 0 Å². The molecule has 0 bridgehead atoms. The van der Waals surface area contributed by atoms with E-state index in [4.69, 9.17) is 5.11 Å². The zero-order chi connectivity index (χ0) is 14.7. The fourth-order valence-electron chi connectivity index (χ4n) is 2.31. The van der Waals surface area contributed by atoms with Crippen LogP contribution in [0.2, 0.25) is 0 Å². The molecule has 0 spiro atoms. The highest BCUT2D eigenvalue weighted by atomic mass is 16.4. The van der Waals surface area contributed by atoms with Gasteiger partial charge in [0.2, 0.25) is 5.91 Å². The number of hydrazone groups is 1. The molecule has 1 saturated heterocycles. The molecule has 2 aliphatic rings. The second-order valence-electron chi connectivity index (χ2n) is 4.93. The maximum absolute atomic E-state index is 12.3. The third-order valence-electron chi connectivity index (χ3n) is 3.47. The van der Waals surface area contributed by atoms with E-state index in [1.165, 1.54) is 5.01 Å². The average molecular weight is 282 g/mol. The van der Waals surface area contributed by atoms with Gasteiger partial charge in [0, 0.05) is 46.1 Å². The van der Waals surface area contributed by atoms with Crippen molar-refractivity contribution in [2.24, 2.45) is 5.10 Å². The van der Waals surface area contributed by atoms with Crippen LogP contribution < -0.4 is 0 Å². The van der Waals surface area contributed by atoms with Crippen LogP contribution in [-0.4, -0.2) is 83.2 Å². The Morgan fingerprint density at radius 3 is 2.40 bits per heavy atom. The minimum Gasteiger partial charge on any atom is -0.480 e. The summed E-state index contributed by atoms with van der Waals surface area (Å²) in [6.07, 6.45) is 0.678. The second-order valence-corrected chi connectivity index (χ2v) is 4.93. The predicted octanol–water partition coefficient (Wildman–Crippen LogP) is -1.18. The Balaban J connectivity index is 1.90. The lowest BCUT2D eigenvalue weighted by Gasteiger charge is -2.34. The van der Waals surface area contributed by atoms with Crippen LogP contribution in [0.1, 0.15) is 12.8 Å². The Morgan fingerprint density at radius 2 is 1.85 bits per heavy atom. The van der Waals surface area contributed by atoms with Crippen LogP contribution in [0, 0.1) is 0 Å². The molecule has 2 heterocycles. The van der Waals surface area contributed by atoms with E-state index in [0.717, 1.165) is 0 Å². The van der Waals surface area contributed by atoms with Crippen molar-refractivity contribution in [3.8, 4) is 0 Å². The van der Waals surface area contributed by atoms with Crippen molar-refractivity contribution in [1.29, 1.82) is 0 Å². The van der Waals surface area contributed by atoms with Crippen LogP contribution in [0.15, 0.2) is 5.10 Å². The predicted molar refractivity (Wildman–Crippen MR) is 70.1 cm³/mol. The second kappa shape index (κ2) is 6.00. The number of hydrogen-bond acceptors (Lipinski definition) is 5. The number of piperazine rings is 1. The summed E-state index contributed by atoms with van der Waals surface area (Å²) in [7, 11) is 1.54. The maximum Gasteiger partial charge on any atom is 0.317 e. The lowest BCUT2D eigenvalue weighted by Crippen LogP contribution is -2.52. The van der Waals surface area contributed by atoms with E-state index < -0.39 is 5.97 Å². The Labute approximate surface area is 116 Å². The molecule has 8 heteroatoms. The first-order chi connectivity index (χ1) is 9.47. The van der Waals surface area contributed by atoms with Gasteiger partial charge in [0.05, 0.1) is 6.54 Å². The molecule has 8 nitrogen and oxygen atoms in total. The highest BCUT2D eigenvalue weighted by molar-refractivity contribution is 6.39. The Bertz CT molecular complexity index is 454. The largest absolute Gasteiger partial charge is 0.480 e. The molecule has 0 radical (unpaired) electrons. The summed E-state index contributed by atoms with van der Waals surface area (Å²) in [5, 5.41) is 13.9. The molecule has 0 aromatic heterocycles. The van der Waals surface area contributed by atoms with Gasteiger partial charge in [-0.1, -0.05) is 0 Å². The van der Waals surface area contributed by atoms with Gasteiger partial charge in [0.25, 0.3) is 5.91 Å². The Kier molecular flexibility index (Phi) is 4.33. The van der Waals surface area contributed by atoms with E-state index in [-0.39, 0.29) is 18.4 Å². The summed E-state index contributed by atoms with van der Waals surface area (Å²) >= 11 is 0. The Morgan fingerprint density at radius 1 is 1.20 bits per heavy atom. The number of amides is 2. The summed E-state index contributed by atoms with van der Waals surface area (Å²) in [6, 6.07) is 0. The van der Waals surface area contributed by atoms with Crippen molar-refractivity contribution in [3.05, 3.63) is 0 Å². The minimum absolute atomic E-state index is 0.000215. The van der Waals surface area contributed by atoms with Crippen molar-refractivity contribution in [3.63, 3.8) is 0 Å². The molecule has 2 amide bonds.